The highest BCUT2D eigenvalue weighted by molar-refractivity contribution is 5.71. The molecule has 1 unspecified atom stereocenters. The smallest absolute Gasteiger partial charge is 0.306 e. The summed E-state index contributed by atoms with van der Waals surface area (Å²) >= 11 is 0. The molecule has 0 N–H and O–H groups in total. The van der Waals surface area contributed by atoms with Gasteiger partial charge in [-0.05, 0) is 141 Å². The van der Waals surface area contributed by atoms with Gasteiger partial charge in [0.2, 0.25) is 0 Å². The van der Waals surface area contributed by atoms with E-state index in [1.165, 1.54) is 38.5 Å². The van der Waals surface area contributed by atoms with E-state index in [1.54, 1.807) is 0 Å². The third kappa shape index (κ3) is 63.7. The van der Waals surface area contributed by atoms with Crippen LogP contribution < -0.4 is 0 Å². The number of unbranched alkanes of at least 4 members (excludes halogenated alkanes) is 19. The summed E-state index contributed by atoms with van der Waals surface area (Å²) in [5, 5.41) is 0. The van der Waals surface area contributed by atoms with Crippen molar-refractivity contribution in [1.82, 2.24) is 0 Å². The van der Waals surface area contributed by atoms with Gasteiger partial charge in [0.25, 0.3) is 0 Å². The molecule has 0 saturated carbocycles. The average Bonchev–Trinajstić information content (AvgIpc) is 3.45. The Morgan fingerprint density at radius 3 is 0.772 bits per heavy atom. The zero-order valence-electron chi connectivity index (χ0n) is 50.8. The number of hydrogen-bond donors (Lipinski definition) is 0. The molecule has 1 atom stereocenters. The van der Waals surface area contributed by atoms with Crippen LogP contribution in [0.3, 0.4) is 0 Å². The lowest BCUT2D eigenvalue weighted by Gasteiger charge is -2.18. The number of rotatable bonds is 56. The van der Waals surface area contributed by atoms with Crippen molar-refractivity contribution in [2.24, 2.45) is 0 Å². The van der Waals surface area contributed by atoms with E-state index >= 15 is 0 Å². The number of carbonyl (C=O) groups excluding carboxylic acids is 3. The molecule has 0 rings (SSSR count). The lowest BCUT2D eigenvalue weighted by atomic mass is 10.1. The van der Waals surface area contributed by atoms with Gasteiger partial charge in [-0.2, -0.15) is 0 Å². The van der Waals surface area contributed by atoms with Crippen molar-refractivity contribution >= 4 is 17.9 Å². The number of hydrogen-bond acceptors (Lipinski definition) is 6. The SMILES string of the molecule is CC/C=C\C/C=C\C/C=C\C/C=C\C/C=C\C/C=C\C/C=C\C/C=C\C/C=C\CCCCCCCCCC(=O)OCC(COC(=O)CCCCCCC/C=C\C/C=C\CCC)OC(=O)CCCCCCC/C=C\C/C=C\CCC. The van der Waals surface area contributed by atoms with E-state index in [0.717, 1.165) is 186 Å². The minimum atomic E-state index is -0.802. The van der Waals surface area contributed by atoms with Crippen molar-refractivity contribution in [3.8, 4) is 0 Å². The fraction of sp³-hybridized carbons (Fsp3) is 0.603. The van der Waals surface area contributed by atoms with Gasteiger partial charge < -0.3 is 14.2 Å². The summed E-state index contributed by atoms with van der Waals surface area (Å²) in [6, 6.07) is 0. The van der Waals surface area contributed by atoms with E-state index in [-0.39, 0.29) is 31.1 Å². The molecule has 0 amide bonds. The van der Waals surface area contributed by atoms with Crippen molar-refractivity contribution in [2.75, 3.05) is 13.2 Å². The maximum absolute atomic E-state index is 12.8. The first-order chi connectivity index (χ1) is 39.0. The highest BCUT2D eigenvalue weighted by atomic mass is 16.6. The van der Waals surface area contributed by atoms with Gasteiger partial charge in [0, 0.05) is 19.3 Å². The van der Waals surface area contributed by atoms with Crippen LogP contribution in [0.2, 0.25) is 0 Å². The Hall–Kier alpha value is -4.97. The van der Waals surface area contributed by atoms with E-state index in [4.69, 9.17) is 14.2 Å². The zero-order chi connectivity index (χ0) is 57.1. The Balaban J connectivity index is 4.26. The van der Waals surface area contributed by atoms with Crippen LogP contribution in [-0.4, -0.2) is 37.2 Å². The van der Waals surface area contributed by atoms with Crippen molar-refractivity contribution in [2.45, 2.75) is 271 Å². The van der Waals surface area contributed by atoms with E-state index in [2.05, 4.69) is 179 Å². The summed E-state index contributed by atoms with van der Waals surface area (Å²) in [5.74, 6) is -0.943. The average molecular weight is 1090 g/mol. The van der Waals surface area contributed by atoms with E-state index in [0.29, 0.717) is 19.3 Å². The van der Waals surface area contributed by atoms with Crippen LogP contribution in [0.1, 0.15) is 265 Å². The number of carbonyl (C=O) groups is 3. The van der Waals surface area contributed by atoms with Gasteiger partial charge in [-0.1, -0.05) is 262 Å². The quantitative estimate of drug-likeness (QED) is 0.0261. The second-order valence-electron chi connectivity index (χ2n) is 20.6. The predicted octanol–water partition coefficient (Wildman–Crippen LogP) is 22.1. The second-order valence-corrected chi connectivity index (χ2v) is 20.6. The summed E-state index contributed by atoms with van der Waals surface area (Å²) in [5.41, 5.74) is 0. The summed E-state index contributed by atoms with van der Waals surface area (Å²) in [6.45, 7) is 6.35. The van der Waals surface area contributed by atoms with Gasteiger partial charge in [0.05, 0.1) is 0 Å². The topological polar surface area (TPSA) is 78.9 Å². The Kier molecular flexibility index (Phi) is 61.4. The number of ether oxygens (including phenoxy) is 3. The van der Waals surface area contributed by atoms with Crippen molar-refractivity contribution in [1.29, 1.82) is 0 Å². The molecular weight excluding hydrogens is 973 g/mol. The van der Waals surface area contributed by atoms with Crippen LogP contribution in [0.4, 0.5) is 0 Å². The fourth-order valence-corrected chi connectivity index (χ4v) is 8.22. The van der Waals surface area contributed by atoms with Crippen molar-refractivity contribution in [3.63, 3.8) is 0 Å². The van der Waals surface area contributed by atoms with Crippen LogP contribution in [0.5, 0.6) is 0 Å². The highest BCUT2D eigenvalue weighted by Crippen LogP contribution is 2.14. The highest BCUT2D eigenvalue weighted by Gasteiger charge is 2.19. The molecule has 0 aromatic heterocycles. The zero-order valence-corrected chi connectivity index (χ0v) is 50.8. The maximum atomic E-state index is 12.8. The molecule has 0 aromatic rings. The van der Waals surface area contributed by atoms with E-state index in [9.17, 15) is 14.4 Å². The number of allylic oxidation sites excluding steroid dienone is 26. The van der Waals surface area contributed by atoms with Gasteiger partial charge in [0.1, 0.15) is 13.2 Å². The van der Waals surface area contributed by atoms with Crippen LogP contribution in [0.15, 0.2) is 158 Å². The molecular formula is C73H116O6. The molecule has 0 aliphatic carbocycles. The summed E-state index contributed by atoms with van der Waals surface area (Å²) < 4.78 is 16.8. The molecule has 79 heavy (non-hydrogen) atoms. The van der Waals surface area contributed by atoms with Crippen molar-refractivity contribution in [3.05, 3.63) is 158 Å². The van der Waals surface area contributed by atoms with Gasteiger partial charge in [-0.3, -0.25) is 14.4 Å². The van der Waals surface area contributed by atoms with E-state index < -0.39 is 6.10 Å². The molecule has 0 bridgehead atoms. The fourth-order valence-electron chi connectivity index (χ4n) is 8.22. The minimum absolute atomic E-state index is 0.0995. The number of esters is 3. The maximum Gasteiger partial charge on any atom is 0.306 e. The summed E-state index contributed by atoms with van der Waals surface area (Å²) in [4.78, 5) is 38.2. The van der Waals surface area contributed by atoms with Gasteiger partial charge in [0.15, 0.2) is 6.10 Å². The Labute approximate surface area is 486 Å². The molecule has 6 heteroatoms. The molecule has 6 nitrogen and oxygen atoms in total. The minimum Gasteiger partial charge on any atom is -0.462 e. The molecule has 0 aliphatic heterocycles. The van der Waals surface area contributed by atoms with Gasteiger partial charge >= 0.3 is 17.9 Å². The first-order valence-corrected chi connectivity index (χ1v) is 32.0. The van der Waals surface area contributed by atoms with Crippen molar-refractivity contribution < 1.29 is 28.6 Å². The lowest BCUT2D eigenvalue weighted by molar-refractivity contribution is -0.167. The van der Waals surface area contributed by atoms with Crippen LogP contribution in [0.25, 0.3) is 0 Å². The lowest BCUT2D eigenvalue weighted by Crippen LogP contribution is -2.30. The molecule has 0 radical (unpaired) electrons. The monoisotopic (exact) mass is 1090 g/mol. The van der Waals surface area contributed by atoms with E-state index in [1.807, 2.05) is 0 Å². The van der Waals surface area contributed by atoms with Gasteiger partial charge in [-0.15, -0.1) is 0 Å². The summed E-state index contributed by atoms with van der Waals surface area (Å²) in [6.07, 6.45) is 95.4. The molecule has 0 fully saturated rings. The molecule has 0 saturated heterocycles. The molecule has 0 aromatic carbocycles. The summed E-state index contributed by atoms with van der Waals surface area (Å²) in [7, 11) is 0. The normalized spacial score (nSPS) is 13.2. The van der Waals surface area contributed by atoms with Crippen LogP contribution in [-0.2, 0) is 28.6 Å². The predicted molar refractivity (Wildman–Crippen MR) is 343 cm³/mol. The second kappa shape index (κ2) is 65.5. The molecule has 0 aliphatic rings. The first kappa shape index (κ1) is 74.0. The largest absolute Gasteiger partial charge is 0.462 e. The van der Waals surface area contributed by atoms with Gasteiger partial charge in [-0.25, -0.2) is 0 Å². The Bertz CT molecular complexity index is 1780. The first-order valence-electron chi connectivity index (χ1n) is 32.0. The molecule has 444 valence electrons. The Morgan fingerprint density at radius 1 is 0.266 bits per heavy atom. The molecule has 0 spiro atoms. The Morgan fingerprint density at radius 2 is 0.494 bits per heavy atom. The molecule has 0 heterocycles. The van der Waals surface area contributed by atoms with Crippen LogP contribution >= 0.6 is 0 Å². The standard InChI is InChI=1S/C73H116O6/c1-4-7-10-13-16-19-22-25-26-27-28-29-30-31-32-33-34-35-36-37-38-39-40-41-42-43-44-45-46-49-51-54-57-60-63-66-72(75)78-69-70(79-73(76)67-64-61-58-55-52-48-24-21-18-15-12-9-6-3)68-77-71(74)65-62-59-56-53-50-47-23-20-17-14-11-8-5-2/h7,10-12,14-16,19-21,23-26,28-29,31-32,34-35,37-38,40-41,43-44,70H,4-6,8-9,13,17-18,22,27,30,33,36,39,42,45-69H2,1-3H3/b10-7-,14-11-,15-12-,19-16-,23-20-,24-21-,26-25-,29-28-,32-31-,35-34-,38-37-,41-40-,44-43-. The third-order valence-electron chi connectivity index (χ3n) is 12.9. The van der Waals surface area contributed by atoms with Crippen LogP contribution in [0, 0.1) is 0 Å². The third-order valence-corrected chi connectivity index (χ3v) is 12.9.